The zero-order valence-electron chi connectivity index (χ0n) is 16.3. The van der Waals surface area contributed by atoms with Crippen molar-refractivity contribution in [2.24, 2.45) is 5.92 Å². The average molecular weight is 454 g/mol. The van der Waals surface area contributed by atoms with E-state index in [1.807, 2.05) is 0 Å². The maximum Gasteiger partial charge on any atom is 0.471 e. The Morgan fingerprint density at radius 2 is 1.94 bits per heavy atom. The van der Waals surface area contributed by atoms with Crippen LogP contribution in [-0.2, 0) is 25.7 Å². The molecule has 2 fully saturated rings. The van der Waals surface area contributed by atoms with E-state index in [1.54, 1.807) is 12.1 Å². The van der Waals surface area contributed by atoms with Gasteiger partial charge in [-0.1, -0.05) is 0 Å². The number of alkyl halides is 3. The highest BCUT2D eigenvalue weighted by molar-refractivity contribution is 6.03. The van der Waals surface area contributed by atoms with Crippen LogP contribution in [0.25, 0.3) is 0 Å². The van der Waals surface area contributed by atoms with Crippen LogP contribution in [0, 0.1) is 5.92 Å². The number of halogens is 3. The Kier molecular flexibility index (Phi) is 5.26. The number of aliphatic carboxylic acids is 1. The van der Waals surface area contributed by atoms with Crippen molar-refractivity contribution in [3.05, 3.63) is 41.4 Å². The molecule has 0 spiro atoms. The Hall–Kier alpha value is -3.64. The number of carboxylic acid groups (broad SMARTS) is 1. The van der Waals surface area contributed by atoms with Crippen LogP contribution in [0.5, 0.6) is 0 Å². The lowest BCUT2D eigenvalue weighted by Crippen LogP contribution is -2.70. The number of aromatic nitrogens is 1. The van der Waals surface area contributed by atoms with Gasteiger partial charge in [-0.2, -0.15) is 13.2 Å². The summed E-state index contributed by atoms with van der Waals surface area (Å²) in [5, 5.41) is 12.1. The molecule has 3 aliphatic rings. The topological polar surface area (TPSA) is 129 Å². The van der Waals surface area contributed by atoms with Gasteiger partial charge >= 0.3 is 24.1 Å². The summed E-state index contributed by atoms with van der Waals surface area (Å²) in [4.78, 5) is 53.2. The second kappa shape index (κ2) is 7.80. The number of nitrogens with zero attached hydrogens (tertiary/aromatic N) is 3. The minimum Gasteiger partial charge on any atom is -0.477 e. The van der Waals surface area contributed by atoms with Gasteiger partial charge in [-0.05, 0) is 29.7 Å². The van der Waals surface area contributed by atoms with Crippen molar-refractivity contribution in [3.63, 3.8) is 0 Å². The first kappa shape index (κ1) is 21.6. The second-order valence-electron chi connectivity index (χ2n) is 7.61. The molecule has 3 atom stereocenters. The van der Waals surface area contributed by atoms with Crippen LogP contribution in [0.3, 0.4) is 0 Å². The van der Waals surface area contributed by atoms with Gasteiger partial charge in [-0.25, -0.2) is 9.59 Å². The molecule has 3 aliphatic heterocycles. The van der Waals surface area contributed by atoms with Gasteiger partial charge < -0.3 is 20.1 Å². The van der Waals surface area contributed by atoms with Crippen molar-refractivity contribution in [3.8, 4) is 0 Å². The molecule has 3 amide bonds. The van der Waals surface area contributed by atoms with Crippen LogP contribution in [0.15, 0.2) is 35.8 Å². The van der Waals surface area contributed by atoms with Crippen LogP contribution in [-0.4, -0.2) is 75.2 Å². The van der Waals surface area contributed by atoms with E-state index in [1.165, 1.54) is 12.4 Å². The predicted molar refractivity (Wildman–Crippen MR) is 97.4 cm³/mol. The van der Waals surface area contributed by atoms with E-state index in [0.717, 1.165) is 10.5 Å². The quantitative estimate of drug-likeness (QED) is 0.625. The largest absolute Gasteiger partial charge is 0.477 e. The van der Waals surface area contributed by atoms with Gasteiger partial charge in [0.25, 0.3) is 5.91 Å². The smallest absolute Gasteiger partial charge is 0.471 e. The standard InChI is InChI=1S/C19H17F3N4O6/c20-19(21,22)17(30)25-7-10-5-11(13(16(28)29)26-12(10)14(25)15(26)27)8-32-18(31)24-6-9-1-3-23-4-2-9/h1-4,10,12,14H,5-8H2,(H,24,31)(H,28,29)/t10-,12-,14+/m1/s1. The molecule has 0 bridgehead atoms. The number of likely N-dealkylation sites (tertiary alicyclic amines) is 1. The first-order valence-corrected chi connectivity index (χ1v) is 9.55. The number of rotatable bonds is 5. The van der Waals surface area contributed by atoms with Crippen LogP contribution >= 0.6 is 0 Å². The lowest BCUT2D eigenvalue weighted by molar-refractivity contribution is -0.190. The number of alkyl carbamates (subject to hydrolysis) is 1. The third kappa shape index (κ3) is 3.63. The molecule has 0 aliphatic carbocycles. The van der Waals surface area contributed by atoms with Gasteiger partial charge in [0.2, 0.25) is 0 Å². The summed E-state index contributed by atoms with van der Waals surface area (Å²) in [6.07, 6.45) is -2.93. The van der Waals surface area contributed by atoms with E-state index >= 15 is 0 Å². The van der Waals surface area contributed by atoms with E-state index in [4.69, 9.17) is 4.74 Å². The molecule has 2 saturated heterocycles. The Bertz CT molecular complexity index is 1010. The number of pyridine rings is 1. The van der Waals surface area contributed by atoms with Crippen molar-refractivity contribution in [1.29, 1.82) is 0 Å². The number of nitrogens with one attached hydrogen (secondary N) is 1. The molecule has 0 unspecified atom stereocenters. The van der Waals surface area contributed by atoms with Crippen molar-refractivity contribution in [2.75, 3.05) is 13.2 Å². The van der Waals surface area contributed by atoms with E-state index in [9.17, 15) is 37.5 Å². The Balaban J connectivity index is 1.46. The number of β-lactam (4-membered cyclic amide) rings is 1. The van der Waals surface area contributed by atoms with E-state index in [-0.39, 0.29) is 25.1 Å². The first-order valence-electron chi connectivity index (χ1n) is 9.55. The number of hydrogen-bond donors (Lipinski definition) is 2. The van der Waals surface area contributed by atoms with Crippen molar-refractivity contribution >= 4 is 23.9 Å². The van der Waals surface area contributed by atoms with E-state index < -0.39 is 60.4 Å². The summed E-state index contributed by atoms with van der Waals surface area (Å²) in [7, 11) is 0. The number of ether oxygens (including phenoxy) is 1. The maximum absolute atomic E-state index is 12.9. The summed E-state index contributed by atoms with van der Waals surface area (Å²) in [5.41, 5.74) is 0.419. The number of carbonyl (C=O) groups excluding carboxylic acids is 3. The number of hydrogen-bond acceptors (Lipinski definition) is 6. The summed E-state index contributed by atoms with van der Waals surface area (Å²) in [6, 6.07) is 1.16. The number of carboxylic acids is 1. The van der Waals surface area contributed by atoms with Crippen LogP contribution in [0.4, 0.5) is 18.0 Å². The molecule has 1 aromatic rings. The molecule has 4 rings (SSSR count). The molecular weight excluding hydrogens is 437 g/mol. The molecule has 0 radical (unpaired) electrons. The highest BCUT2D eigenvalue weighted by Gasteiger charge is 2.66. The fraction of sp³-hybridized carbons (Fsp3) is 0.421. The van der Waals surface area contributed by atoms with Crippen LogP contribution in [0.2, 0.25) is 0 Å². The third-order valence-electron chi connectivity index (χ3n) is 5.72. The molecule has 13 heteroatoms. The highest BCUT2D eigenvalue weighted by atomic mass is 19.4. The maximum atomic E-state index is 12.9. The Morgan fingerprint density at radius 3 is 2.56 bits per heavy atom. The van der Waals surface area contributed by atoms with Crippen LogP contribution < -0.4 is 5.32 Å². The van der Waals surface area contributed by atoms with Gasteiger partial charge in [0.05, 0.1) is 6.04 Å². The van der Waals surface area contributed by atoms with Gasteiger partial charge in [-0.3, -0.25) is 19.5 Å². The summed E-state index contributed by atoms with van der Waals surface area (Å²) in [6.45, 7) is -0.674. The van der Waals surface area contributed by atoms with Gasteiger partial charge in [-0.15, -0.1) is 0 Å². The van der Waals surface area contributed by atoms with Crippen molar-refractivity contribution < 1.29 is 42.2 Å². The SMILES string of the molecule is O=C(NCc1ccncc1)OCC1=C(C(=O)O)N2C(=O)[C@@H]3[C@H]2[C@H](C1)CN3C(=O)C(F)(F)F. The van der Waals surface area contributed by atoms with E-state index in [0.29, 0.717) is 4.90 Å². The number of amides is 3. The summed E-state index contributed by atoms with van der Waals surface area (Å²) >= 11 is 0. The van der Waals surface area contributed by atoms with Crippen molar-refractivity contribution in [1.82, 2.24) is 20.1 Å². The molecule has 32 heavy (non-hydrogen) atoms. The fourth-order valence-electron chi connectivity index (χ4n) is 4.42. The average Bonchev–Trinajstić information content (AvgIpc) is 3.11. The Labute approximate surface area is 178 Å². The van der Waals surface area contributed by atoms with Gasteiger partial charge in [0.1, 0.15) is 18.3 Å². The van der Waals surface area contributed by atoms with Crippen LogP contribution in [0.1, 0.15) is 12.0 Å². The summed E-state index contributed by atoms with van der Waals surface area (Å²) in [5.74, 6) is -5.08. The molecule has 2 N–H and O–H groups in total. The molecular formula is C19H17F3N4O6. The first-order chi connectivity index (χ1) is 15.1. The highest BCUT2D eigenvalue weighted by Crippen LogP contribution is 2.47. The normalized spacial score (nSPS) is 24.1. The minimum atomic E-state index is -5.14. The lowest BCUT2D eigenvalue weighted by atomic mass is 9.79. The molecule has 10 nitrogen and oxygen atoms in total. The summed E-state index contributed by atoms with van der Waals surface area (Å²) < 4.78 is 43.8. The molecule has 1 aromatic heterocycles. The second-order valence-corrected chi connectivity index (χ2v) is 7.61. The molecule has 0 saturated carbocycles. The third-order valence-corrected chi connectivity index (χ3v) is 5.72. The molecule has 4 heterocycles. The Morgan fingerprint density at radius 1 is 1.25 bits per heavy atom. The lowest BCUT2D eigenvalue weighted by Gasteiger charge is -2.49. The number of carbonyl (C=O) groups is 4. The monoisotopic (exact) mass is 454 g/mol. The van der Waals surface area contributed by atoms with Gasteiger partial charge in [0.15, 0.2) is 0 Å². The zero-order valence-corrected chi connectivity index (χ0v) is 16.3. The molecule has 0 aromatic carbocycles. The predicted octanol–water partition coefficient (Wildman–Crippen LogP) is 0.650. The zero-order chi connectivity index (χ0) is 23.2. The van der Waals surface area contributed by atoms with E-state index in [2.05, 4.69) is 10.3 Å². The van der Waals surface area contributed by atoms with Crippen molar-refractivity contribution in [2.45, 2.75) is 31.2 Å². The fourth-order valence-corrected chi connectivity index (χ4v) is 4.42. The van der Waals surface area contributed by atoms with Gasteiger partial charge in [0, 0.05) is 31.4 Å². The molecule has 170 valence electrons. The minimum absolute atomic E-state index is 0.0220.